The zero-order valence-corrected chi connectivity index (χ0v) is 13.3. The van der Waals surface area contributed by atoms with Crippen molar-refractivity contribution in [3.8, 4) is 11.1 Å². The minimum Gasteiger partial charge on any atom is -0.0836 e. The van der Waals surface area contributed by atoms with Gasteiger partial charge in [0.1, 0.15) is 0 Å². The summed E-state index contributed by atoms with van der Waals surface area (Å²) in [5.41, 5.74) is 3.17. The smallest absolute Gasteiger partial charge is 0.0607 e. The van der Waals surface area contributed by atoms with Crippen LogP contribution < -0.4 is 0 Å². The fourth-order valence-electron chi connectivity index (χ4n) is 1.57. The highest BCUT2D eigenvalue weighted by molar-refractivity contribution is 14.1. The Labute approximate surface area is 129 Å². The van der Waals surface area contributed by atoms with Gasteiger partial charge in [-0.15, -0.1) is 0 Å². The highest BCUT2D eigenvalue weighted by atomic mass is 127. The molecule has 88 valence electrons. The second-order valence-electron chi connectivity index (χ2n) is 3.73. The van der Waals surface area contributed by atoms with Crippen LogP contribution >= 0.6 is 57.4 Å². The summed E-state index contributed by atoms with van der Waals surface area (Å²) in [6, 6.07) is 9.70. The monoisotopic (exact) mass is 396 g/mol. The maximum Gasteiger partial charge on any atom is 0.0607 e. The molecule has 0 aliphatic rings. The van der Waals surface area contributed by atoms with E-state index in [1.54, 1.807) is 6.07 Å². The molecule has 0 atom stereocenters. The second-order valence-corrected chi connectivity index (χ2v) is 6.11. The Bertz CT molecular complexity index is 579. The number of rotatable bonds is 1. The highest BCUT2D eigenvalue weighted by Crippen LogP contribution is 2.37. The van der Waals surface area contributed by atoms with Gasteiger partial charge in [0.05, 0.1) is 15.1 Å². The molecule has 0 heterocycles. The van der Waals surface area contributed by atoms with Gasteiger partial charge < -0.3 is 0 Å². The maximum absolute atomic E-state index is 6.21. The van der Waals surface area contributed by atoms with Crippen molar-refractivity contribution < 1.29 is 0 Å². The maximum atomic E-state index is 6.21. The molecule has 0 fully saturated rings. The molecule has 0 saturated heterocycles. The summed E-state index contributed by atoms with van der Waals surface area (Å²) in [5, 5.41) is 1.61. The first kappa shape index (κ1) is 13.5. The van der Waals surface area contributed by atoms with Crippen LogP contribution in [0.5, 0.6) is 0 Å². The summed E-state index contributed by atoms with van der Waals surface area (Å²) in [7, 11) is 0. The van der Waals surface area contributed by atoms with E-state index in [1.165, 1.54) is 5.56 Å². The molecule has 17 heavy (non-hydrogen) atoms. The molecule has 0 amide bonds. The van der Waals surface area contributed by atoms with Crippen LogP contribution in [0.15, 0.2) is 30.3 Å². The largest absolute Gasteiger partial charge is 0.0836 e. The Morgan fingerprint density at radius 3 is 2.18 bits per heavy atom. The predicted octanol–water partition coefficient (Wildman–Crippen LogP) is 6.23. The van der Waals surface area contributed by atoms with E-state index in [2.05, 4.69) is 40.8 Å². The fraction of sp³-hybridized carbons (Fsp3) is 0.0769. The average molecular weight is 397 g/mol. The first-order chi connectivity index (χ1) is 7.99. The van der Waals surface area contributed by atoms with Gasteiger partial charge in [-0.2, -0.15) is 0 Å². The van der Waals surface area contributed by atoms with Crippen LogP contribution in [0.25, 0.3) is 11.1 Å². The molecule has 0 saturated carbocycles. The lowest BCUT2D eigenvalue weighted by atomic mass is 10.0. The first-order valence-corrected chi connectivity index (χ1v) is 7.11. The van der Waals surface area contributed by atoms with E-state index >= 15 is 0 Å². The molecule has 2 rings (SSSR count). The molecule has 2 aromatic rings. The van der Waals surface area contributed by atoms with Crippen LogP contribution in [0.1, 0.15) is 5.56 Å². The van der Waals surface area contributed by atoms with Crippen molar-refractivity contribution >= 4 is 57.4 Å². The topological polar surface area (TPSA) is 0 Å². The molecule has 0 aliphatic carbocycles. The molecule has 0 nitrogen and oxygen atoms in total. The normalized spacial score (nSPS) is 10.6. The summed E-state index contributed by atoms with van der Waals surface area (Å²) in [6.07, 6.45) is 0. The van der Waals surface area contributed by atoms with E-state index in [9.17, 15) is 0 Å². The van der Waals surface area contributed by atoms with Gasteiger partial charge in [0.15, 0.2) is 0 Å². The van der Waals surface area contributed by atoms with Crippen molar-refractivity contribution in [2.45, 2.75) is 6.92 Å². The van der Waals surface area contributed by atoms with Gasteiger partial charge >= 0.3 is 0 Å². The van der Waals surface area contributed by atoms with Gasteiger partial charge in [0.25, 0.3) is 0 Å². The molecule has 0 aliphatic heterocycles. The third-order valence-corrected chi connectivity index (χ3v) is 4.40. The summed E-state index contributed by atoms with van der Waals surface area (Å²) >= 11 is 20.5. The molecular weight excluding hydrogens is 389 g/mol. The van der Waals surface area contributed by atoms with Gasteiger partial charge in [-0.3, -0.25) is 0 Å². The van der Waals surface area contributed by atoms with Gasteiger partial charge in [0.2, 0.25) is 0 Å². The van der Waals surface area contributed by atoms with Gasteiger partial charge in [-0.1, -0.05) is 52.5 Å². The van der Waals surface area contributed by atoms with Crippen LogP contribution in [0, 0.1) is 10.5 Å². The Balaban J connectivity index is 2.68. The molecule has 2 aromatic carbocycles. The molecule has 0 spiro atoms. The molecule has 0 N–H and O–H groups in total. The van der Waals surface area contributed by atoms with Gasteiger partial charge in [-0.25, -0.2) is 0 Å². The van der Waals surface area contributed by atoms with E-state index in [1.807, 2.05) is 13.0 Å². The van der Waals surface area contributed by atoms with Crippen molar-refractivity contribution in [1.82, 2.24) is 0 Å². The molecule has 0 unspecified atom stereocenters. The number of hydrogen-bond acceptors (Lipinski definition) is 0. The lowest BCUT2D eigenvalue weighted by Crippen LogP contribution is -1.86. The SMILES string of the molecule is Cc1ccc(I)c(-c2cc(Cl)c(Cl)cc2Cl)c1. The van der Waals surface area contributed by atoms with E-state index in [0.29, 0.717) is 15.1 Å². The van der Waals surface area contributed by atoms with Crippen molar-refractivity contribution in [3.63, 3.8) is 0 Å². The summed E-state index contributed by atoms with van der Waals surface area (Å²) in [5.74, 6) is 0. The minimum atomic E-state index is 0.475. The zero-order valence-electron chi connectivity index (χ0n) is 8.90. The number of hydrogen-bond donors (Lipinski definition) is 0. The van der Waals surface area contributed by atoms with E-state index in [0.717, 1.165) is 14.7 Å². The lowest BCUT2D eigenvalue weighted by molar-refractivity contribution is 1.45. The van der Waals surface area contributed by atoms with Crippen molar-refractivity contribution in [2.24, 2.45) is 0 Å². The van der Waals surface area contributed by atoms with Gasteiger partial charge in [0, 0.05) is 9.13 Å². The van der Waals surface area contributed by atoms with Crippen LogP contribution in [-0.4, -0.2) is 0 Å². The third-order valence-electron chi connectivity index (χ3n) is 2.42. The van der Waals surface area contributed by atoms with Crippen molar-refractivity contribution in [1.29, 1.82) is 0 Å². The summed E-state index contributed by atoms with van der Waals surface area (Å²) < 4.78 is 1.13. The highest BCUT2D eigenvalue weighted by Gasteiger charge is 2.10. The second kappa shape index (κ2) is 5.35. The minimum absolute atomic E-state index is 0.475. The van der Waals surface area contributed by atoms with Crippen LogP contribution in [0.2, 0.25) is 15.1 Å². The van der Waals surface area contributed by atoms with Crippen molar-refractivity contribution in [3.05, 3.63) is 54.5 Å². The average Bonchev–Trinajstić information content (AvgIpc) is 2.27. The molecule has 0 radical (unpaired) electrons. The zero-order chi connectivity index (χ0) is 12.6. The Morgan fingerprint density at radius 1 is 0.824 bits per heavy atom. The standard InChI is InChI=1S/C13H8Cl3I/c1-7-2-3-13(17)9(4-7)8-5-11(15)12(16)6-10(8)14/h2-6H,1H3. The number of benzene rings is 2. The Kier molecular flexibility index (Phi) is 4.24. The quantitative estimate of drug-likeness (QED) is 0.395. The molecule has 0 bridgehead atoms. The molecular formula is C13H8Cl3I. The van der Waals surface area contributed by atoms with Crippen LogP contribution in [0.4, 0.5) is 0 Å². The Morgan fingerprint density at radius 2 is 1.47 bits per heavy atom. The van der Waals surface area contributed by atoms with Crippen LogP contribution in [0.3, 0.4) is 0 Å². The van der Waals surface area contributed by atoms with E-state index in [4.69, 9.17) is 34.8 Å². The molecule has 0 aromatic heterocycles. The van der Waals surface area contributed by atoms with Gasteiger partial charge in [-0.05, 0) is 53.3 Å². The third kappa shape index (κ3) is 2.90. The number of aryl methyl sites for hydroxylation is 1. The van der Waals surface area contributed by atoms with Crippen LogP contribution in [-0.2, 0) is 0 Å². The van der Waals surface area contributed by atoms with E-state index in [-0.39, 0.29) is 0 Å². The summed E-state index contributed by atoms with van der Waals surface area (Å²) in [6.45, 7) is 2.05. The summed E-state index contributed by atoms with van der Waals surface area (Å²) in [4.78, 5) is 0. The van der Waals surface area contributed by atoms with Crippen molar-refractivity contribution in [2.75, 3.05) is 0 Å². The van der Waals surface area contributed by atoms with E-state index < -0.39 is 0 Å². The first-order valence-electron chi connectivity index (χ1n) is 4.90. The molecule has 4 heteroatoms. The fourth-order valence-corrected chi connectivity index (χ4v) is 2.85. The Hall–Kier alpha value is 0.0400. The lowest BCUT2D eigenvalue weighted by Gasteiger charge is -2.09. The predicted molar refractivity (Wildman–Crippen MR) is 84.4 cm³/mol. The number of halogens is 4.